The molecule has 0 saturated carbocycles. The Bertz CT molecular complexity index is 1110. The van der Waals surface area contributed by atoms with E-state index in [0.717, 1.165) is 34.5 Å². The minimum Gasteiger partial charge on any atom is -0.378 e. The van der Waals surface area contributed by atoms with Crippen LogP contribution in [0, 0.1) is 18.3 Å². The zero-order chi connectivity index (χ0) is 21.3. The van der Waals surface area contributed by atoms with E-state index in [4.69, 9.17) is 5.26 Å². The summed E-state index contributed by atoms with van der Waals surface area (Å²) in [6, 6.07) is 24.7. The molecule has 1 aliphatic heterocycles. The van der Waals surface area contributed by atoms with Crippen LogP contribution in [0.4, 0.5) is 11.4 Å². The highest BCUT2D eigenvalue weighted by molar-refractivity contribution is 5.94. The summed E-state index contributed by atoms with van der Waals surface area (Å²) >= 11 is 0. The Morgan fingerprint density at radius 3 is 2.33 bits per heavy atom. The number of nitriles is 1. The number of rotatable bonds is 3. The number of carbonyl (C=O) groups excluding carboxylic acids is 1. The molecule has 3 aromatic carbocycles. The van der Waals surface area contributed by atoms with Crippen LogP contribution in [0.1, 0.15) is 43.0 Å². The molecule has 0 fully saturated rings. The molecule has 4 nitrogen and oxygen atoms in total. The molecule has 2 atom stereocenters. The van der Waals surface area contributed by atoms with Crippen molar-refractivity contribution < 1.29 is 4.79 Å². The van der Waals surface area contributed by atoms with Crippen LogP contribution in [-0.4, -0.2) is 11.9 Å². The lowest BCUT2D eigenvalue weighted by Gasteiger charge is -2.39. The summed E-state index contributed by atoms with van der Waals surface area (Å²) < 4.78 is 0. The fraction of sp³-hybridized carbons (Fsp3) is 0.231. The predicted molar refractivity (Wildman–Crippen MR) is 121 cm³/mol. The zero-order valence-corrected chi connectivity index (χ0v) is 17.5. The van der Waals surface area contributed by atoms with Crippen LogP contribution >= 0.6 is 0 Å². The first kappa shape index (κ1) is 19.7. The molecule has 0 unspecified atom stereocenters. The van der Waals surface area contributed by atoms with Crippen molar-refractivity contribution in [3.05, 3.63) is 83.4 Å². The first-order valence-electron chi connectivity index (χ1n) is 10.2. The van der Waals surface area contributed by atoms with Crippen LogP contribution in [0.15, 0.2) is 66.7 Å². The second-order valence-electron chi connectivity index (χ2n) is 8.00. The van der Waals surface area contributed by atoms with Gasteiger partial charge in [-0.15, -0.1) is 0 Å². The van der Waals surface area contributed by atoms with Gasteiger partial charge in [-0.25, -0.2) is 0 Å². The lowest BCUT2D eigenvalue weighted by atomic mass is 9.88. The molecule has 150 valence electrons. The third-order valence-corrected chi connectivity index (χ3v) is 5.76. The van der Waals surface area contributed by atoms with E-state index in [9.17, 15) is 4.79 Å². The highest BCUT2D eigenvalue weighted by Crippen LogP contribution is 2.41. The maximum absolute atomic E-state index is 12.4. The third-order valence-electron chi connectivity index (χ3n) is 5.76. The van der Waals surface area contributed by atoms with Crippen molar-refractivity contribution in [3.63, 3.8) is 0 Å². The number of hydrogen-bond donors (Lipinski definition) is 1. The molecule has 0 saturated heterocycles. The van der Waals surface area contributed by atoms with Gasteiger partial charge in [0.25, 0.3) is 0 Å². The van der Waals surface area contributed by atoms with Crippen molar-refractivity contribution in [3.8, 4) is 17.2 Å². The van der Waals surface area contributed by atoms with Crippen molar-refractivity contribution in [2.75, 3.05) is 10.2 Å². The number of hydrogen-bond acceptors (Lipinski definition) is 3. The van der Waals surface area contributed by atoms with E-state index < -0.39 is 0 Å². The van der Waals surface area contributed by atoms with Gasteiger partial charge in [0.1, 0.15) is 0 Å². The van der Waals surface area contributed by atoms with E-state index in [0.29, 0.717) is 5.56 Å². The number of aryl methyl sites for hydroxylation is 1. The molecule has 1 aliphatic rings. The molecule has 1 heterocycles. The molecular formula is C26H25N3O. The number of nitrogens with zero attached hydrogens (tertiary/aromatic N) is 2. The summed E-state index contributed by atoms with van der Waals surface area (Å²) in [4.78, 5) is 14.3. The van der Waals surface area contributed by atoms with Gasteiger partial charge in [0.2, 0.25) is 5.91 Å². The molecule has 30 heavy (non-hydrogen) atoms. The Kier molecular flexibility index (Phi) is 5.29. The number of carbonyl (C=O) groups is 1. The minimum atomic E-state index is 0.0589. The van der Waals surface area contributed by atoms with Crippen molar-refractivity contribution in [2.24, 2.45) is 0 Å². The molecule has 0 spiro atoms. The van der Waals surface area contributed by atoms with Gasteiger partial charge in [-0.2, -0.15) is 5.26 Å². The first-order chi connectivity index (χ1) is 14.5. The fourth-order valence-electron chi connectivity index (χ4n) is 4.25. The first-order valence-corrected chi connectivity index (χ1v) is 10.2. The Morgan fingerprint density at radius 1 is 1.03 bits per heavy atom. The monoisotopic (exact) mass is 395 g/mol. The van der Waals surface area contributed by atoms with E-state index >= 15 is 0 Å². The van der Waals surface area contributed by atoms with Crippen LogP contribution in [0.3, 0.4) is 0 Å². The van der Waals surface area contributed by atoms with E-state index in [1.807, 2.05) is 35.2 Å². The topological polar surface area (TPSA) is 56.1 Å². The summed E-state index contributed by atoms with van der Waals surface area (Å²) in [5, 5.41) is 12.7. The molecule has 4 rings (SSSR count). The highest BCUT2D eigenvalue weighted by Gasteiger charge is 2.32. The summed E-state index contributed by atoms with van der Waals surface area (Å²) in [6.45, 7) is 5.81. The fourth-order valence-corrected chi connectivity index (χ4v) is 4.25. The Labute approximate surface area is 177 Å². The van der Waals surface area contributed by atoms with E-state index in [2.05, 4.69) is 61.6 Å². The summed E-state index contributed by atoms with van der Waals surface area (Å²) in [7, 11) is 0. The summed E-state index contributed by atoms with van der Waals surface area (Å²) in [6.07, 6.45) is 0.831. The van der Waals surface area contributed by atoms with Crippen molar-refractivity contribution in [2.45, 2.75) is 39.3 Å². The van der Waals surface area contributed by atoms with Gasteiger partial charge in [-0.1, -0.05) is 35.9 Å². The summed E-state index contributed by atoms with van der Waals surface area (Å²) in [5.41, 5.74) is 7.15. The maximum Gasteiger partial charge on any atom is 0.224 e. The molecular weight excluding hydrogens is 370 g/mol. The van der Waals surface area contributed by atoms with Crippen LogP contribution < -0.4 is 10.2 Å². The predicted octanol–water partition coefficient (Wildman–Crippen LogP) is 5.83. The lowest BCUT2D eigenvalue weighted by molar-refractivity contribution is -0.117. The molecule has 0 radical (unpaired) electrons. The highest BCUT2D eigenvalue weighted by atomic mass is 16.2. The number of amides is 1. The quantitative estimate of drug-likeness (QED) is 0.607. The smallest absolute Gasteiger partial charge is 0.224 e. The SMILES string of the molecule is CC(=O)N1c2ccc(-c3ccc(C#N)cc3)cc2[C@@H](Nc2ccc(C)cc2)C[C@H]1C. The number of fused-ring (bicyclic) bond motifs is 1. The molecule has 1 N–H and O–H groups in total. The number of anilines is 2. The average molecular weight is 396 g/mol. The van der Waals surface area contributed by atoms with Gasteiger partial charge in [0.05, 0.1) is 17.7 Å². The average Bonchev–Trinajstić information content (AvgIpc) is 2.75. The van der Waals surface area contributed by atoms with E-state index in [1.54, 1.807) is 6.92 Å². The second kappa shape index (κ2) is 8.04. The molecule has 0 bridgehead atoms. The van der Waals surface area contributed by atoms with E-state index in [1.165, 1.54) is 5.56 Å². The largest absolute Gasteiger partial charge is 0.378 e. The number of benzene rings is 3. The lowest BCUT2D eigenvalue weighted by Crippen LogP contribution is -2.43. The minimum absolute atomic E-state index is 0.0589. The zero-order valence-electron chi connectivity index (χ0n) is 17.5. The normalized spacial score (nSPS) is 17.7. The third kappa shape index (κ3) is 3.79. The van der Waals surface area contributed by atoms with E-state index in [-0.39, 0.29) is 18.0 Å². The molecule has 1 amide bonds. The van der Waals surface area contributed by atoms with Gasteiger partial charge >= 0.3 is 0 Å². The number of nitrogens with one attached hydrogen (secondary N) is 1. The van der Waals surface area contributed by atoms with Crippen molar-refractivity contribution in [1.82, 2.24) is 0 Å². The molecule has 0 aromatic heterocycles. The van der Waals surface area contributed by atoms with Gasteiger partial charge in [-0.3, -0.25) is 4.79 Å². The summed E-state index contributed by atoms with van der Waals surface area (Å²) in [5.74, 6) is 0.0589. The van der Waals surface area contributed by atoms with Crippen molar-refractivity contribution >= 4 is 17.3 Å². The second-order valence-corrected chi connectivity index (χ2v) is 8.00. The van der Waals surface area contributed by atoms with Crippen LogP contribution in [0.5, 0.6) is 0 Å². The Balaban J connectivity index is 1.76. The maximum atomic E-state index is 12.4. The van der Waals surface area contributed by atoms with Crippen LogP contribution in [0.2, 0.25) is 0 Å². The molecule has 0 aliphatic carbocycles. The van der Waals surface area contributed by atoms with Gasteiger partial charge in [0.15, 0.2) is 0 Å². The Morgan fingerprint density at radius 2 is 1.70 bits per heavy atom. The molecule has 4 heteroatoms. The standard InChI is InChI=1S/C26H25N3O/c1-17-4-11-23(12-5-17)28-25-14-18(2)29(19(3)30)26-13-10-22(15-24(25)26)21-8-6-20(16-27)7-9-21/h4-13,15,18,25,28H,14H2,1-3H3/t18-,25+/m1/s1. The van der Waals surface area contributed by atoms with Gasteiger partial charge in [0, 0.05) is 24.3 Å². The molecule has 3 aromatic rings. The Hall–Kier alpha value is -3.58. The van der Waals surface area contributed by atoms with Gasteiger partial charge in [-0.05, 0) is 73.4 Å². The van der Waals surface area contributed by atoms with Crippen LogP contribution in [0.25, 0.3) is 11.1 Å². The van der Waals surface area contributed by atoms with Gasteiger partial charge < -0.3 is 10.2 Å². The van der Waals surface area contributed by atoms with Crippen molar-refractivity contribution in [1.29, 1.82) is 5.26 Å². The van der Waals surface area contributed by atoms with Crippen LogP contribution in [-0.2, 0) is 4.79 Å².